The largest absolute Gasteiger partial charge is 0.333 e. The second kappa shape index (κ2) is 5.69. The first-order valence-corrected chi connectivity index (χ1v) is 6.86. The molecule has 1 aliphatic rings. The van der Waals surface area contributed by atoms with Crippen LogP contribution in [0.3, 0.4) is 0 Å². The van der Waals surface area contributed by atoms with Crippen LogP contribution in [0.1, 0.15) is 38.9 Å². The van der Waals surface area contributed by atoms with Crippen molar-refractivity contribution in [3.8, 4) is 0 Å². The fourth-order valence-electron chi connectivity index (χ4n) is 2.40. The van der Waals surface area contributed by atoms with Crippen LogP contribution in [0.25, 0.3) is 0 Å². The van der Waals surface area contributed by atoms with E-state index in [-0.39, 0.29) is 11.3 Å². The highest BCUT2D eigenvalue weighted by atomic mass is 16.2. The van der Waals surface area contributed by atoms with E-state index in [1.165, 1.54) is 0 Å². The average Bonchev–Trinajstić information content (AvgIpc) is 2.83. The van der Waals surface area contributed by atoms with Gasteiger partial charge in [0.1, 0.15) is 6.33 Å². The Kier molecular flexibility index (Phi) is 4.19. The van der Waals surface area contributed by atoms with Crippen LogP contribution in [-0.2, 0) is 17.9 Å². The first-order chi connectivity index (χ1) is 9.02. The van der Waals surface area contributed by atoms with Gasteiger partial charge in [-0.25, -0.2) is 0 Å². The maximum absolute atomic E-state index is 12.2. The van der Waals surface area contributed by atoms with E-state index >= 15 is 0 Å². The second-order valence-electron chi connectivity index (χ2n) is 5.96. The highest BCUT2D eigenvalue weighted by molar-refractivity contribution is 5.76. The van der Waals surface area contributed by atoms with Crippen LogP contribution >= 0.6 is 0 Å². The SMILES string of the molecule is CC(C)(CCN)CCC(=O)N1CCn2cnnc2C1. The smallest absolute Gasteiger partial charge is 0.223 e. The summed E-state index contributed by atoms with van der Waals surface area (Å²) in [6.07, 6.45) is 4.14. The zero-order chi connectivity index (χ0) is 13.9. The Morgan fingerprint density at radius 3 is 2.95 bits per heavy atom. The molecule has 6 nitrogen and oxygen atoms in total. The molecule has 0 spiro atoms. The molecule has 0 aromatic carbocycles. The van der Waals surface area contributed by atoms with Crippen LogP contribution in [0.15, 0.2) is 6.33 Å². The van der Waals surface area contributed by atoms with Gasteiger partial charge in [-0.1, -0.05) is 13.8 Å². The fourth-order valence-corrected chi connectivity index (χ4v) is 2.40. The quantitative estimate of drug-likeness (QED) is 0.853. The van der Waals surface area contributed by atoms with Crippen LogP contribution in [0, 0.1) is 5.41 Å². The molecule has 19 heavy (non-hydrogen) atoms. The molecular formula is C13H23N5O. The lowest BCUT2D eigenvalue weighted by molar-refractivity contribution is -0.133. The molecule has 0 radical (unpaired) electrons. The number of hydrogen-bond donors (Lipinski definition) is 1. The summed E-state index contributed by atoms with van der Waals surface area (Å²) in [6, 6.07) is 0. The maximum atomic E-state index is 12.2. The monoisotopic (exact) mass is 265 g/mol. The number of fused-ring (bicyclic) bond motifs is 1. The number of carbonyl (C=O) groups excluding carboxylic acids is 1. The number of amides is 1. The van der Waals surface area contributed by atoms with Gasteiger partial charge in [0.05, 0.1) is 6.54 Å². The zero-order valence-corrected chi connectivity index (χ0v) is 11.8. The number of nitrogens with two attached hydrogens (primary N) is 1. The molecular weight excluding hydrogens is 242 g/mol. The number of carbonyl (C=O) groups is 1. The molecule has 1 amide bonds. The van der Waals surface area contributed by atoms with Crippen LogP contribution in [0.2, 0.25) is 0 Å². The lowest BCUT2D eigenvalue weighted by Gasteiger charge is -2.29. The molecule has 0 atom stereocenters. The van der Waals surface area contributed by atoms with Crippen molar-refractivity contribution in [2.24, 2.45) is 11.1 Å². The summed E-state index contributed by atoms with van der Waals surface area (Å²) in [4.78, 5) is 14.1. The maximum Gasteiger partial charge on any atom is 0.223 e. The van der Waals surface area contributed by atoms with Gasteiger partial charge in [-0.3, -0.25) is 4.79 Å². The number of rotatable bonds is 5. The van der Waals surface area contributed by atoms with Gasteiger partial charge in [0, 0.05) is 19.5 Å². The molecule has 0 unspecified atom stereocenters. The molecule has 1 aliphatic heterocycles. The minimum Gasteiger partial charge on any atom is -0.333 e. The molecule has 2 rings (SSSR count). The topological polar surface area (TPSA) is 77.0 Å². The summed E-state index contributed by atoms with van der Waals surface area (Å²) in [5.74, 6) is 1.08. The molecule has 1 aromatic heterocycles. The molecule has 0 aliphatic carbocycles. The van der Waals surface area contributed by atoms with E-state index in [0.717, 1.165) is 31.8 Å². The molecule has 2 N–H and O–H groups in total. The van der Waals surface area contributed by atoms with Crippen molar-refractivity contribution in [3.05, 3.63) is 12.2 Å². The third-order valence-corrected chi connectivity index (χ3v) is 3.83. The first kappa shape index (κ1) is 14.0. The van der Waals surface area contributed by atoms with E-state index in [4.69, 9.17) is 5.73 Å². The first-order valence-electron chi connectivity index (χ1n) is 6.86. The van der Waals surface area contributed by atoms with E-state index in [1.807, 2.05) is 9.47 Å². The fraction of sp³-hybridized carbons (Fsp3) is 0.769. The summed E-state index contributed by atoms with van der Waals surface area (Å²) in [5, 5.41) is 7.90. The van der Waals surface area contributed by atoms with Gasteiger partial charge >= 0.3 is 0 Å². The molecule has 0 bridgehead atoms. The molecule has 1 aromatic rings. The number of nitrogens with zero attached hydrogens (tertiary/aromatic N) is 4. The highest BCUT2D eigenvalue weighted by Crippen LogP contribution is 2.26. The third-order valence-electron chi connectivity index (χ3n) is 3.83. The van der Waals surface area contributed by atoms with Crippen molar-refractivity contribution in [1.29, 1.82) is 0 Å². The van der Waals surface area contributed by atoms with Gasteiger partial charge in [0.2, 0.25) is 5.91 Å². The van der Waals surface area contributed by atoms with E-state index in [2.05, 4.69) is 24.0 Å². The summed E-state index contributed by atoms with van der Waals surface area (Å²) in [6.45, 7) is 7.13. The summed E-state index contributed by atoms with van der Waals surface area (Å²) >= 11 is 0. The molecule has 2 heterocycles. The van der Waals surface area contributed by atoms with Gasteiger partial charge in [0.15, 0.2) is 5.82 Å². The van der Waals surface area contributed by atoms with Crippen LogP contribution in [0.4, 0.5) is 0 Å². The van der Waals surface area contributed by atoms with E-state index < -0.39 is 0 Å². The lowest BCUT2D eigenvalue weighted by Crippen LogP contribution is -2.38. The van der Waals surface area contributed by atoms with Crippen LogP contribution < -0.4 is 5.73 Å². The van der Waals surface area contributed by atoms with Gasteiger partial charge in [-0.2, -0.15) is 0 Å². The summed E-state index contributed by atoms with van der Waals surface area (Å²) in [5.41, 5.74) is 5.73. The van der Waals surface area contributed by atoms with Crippen molar-refractivity contribution >= 4 is 5.91 Å². The Balaban J connectivity index is 1.85. The second-order valence-corrected chi connectivity index (χ2v) is 5.96. The van der Waals surface area contributed by atoms with E-state index in [9.17, 15) is 4.79 Å². The summed E-state index contributed by atoms with van der Waals surface area (Å²) in [7, 11) is 0. The molecule has 106 valence electrons. The van der Waals surface area contributed by atoms with Gasteiger partial charge < -0.3 is 15.2 Å². The Hall–Kier alpha value is -1.43. The minimum absolute atomic E-state index is 0.139. The van der Waals surface area contributed by atoms with Gasteiger partial charge in [0.25, 0.3) is 0 Å². The average molecular weight is 265 g/mol. The molecule has 0 saturated carbocycles. The zero-order valence-electron chi connectivity index (χ0n) is 11.8. The van der Waals surface area contributed by atoms with Crippen LogP contribution in [-0.4, -0.2) is 38.7 Å². The Morgan fingerprint density at radius 2 is 2.21 bits per heavy atom. The van der Waals surface area contributed by atoms with Crippen molar-refractivity contribution < 1.29 is 4.79 Å². The minimum atomic E-state index is 0.139. The lowest BCUT2D eigenvalue weighted by atomic mass is 9.84. The Morgan fingerprint density at radius 1 is 1.42 bits per heavy atom. The molecule has 6 heteroatoms. The van der Waals surface area contributed by atoms with E-state index in [0.29, 0.717) is 19.5 Å². The van der Waals surface area contributed by atoms with Crippen molar-refractivity contribution in [2.75, 3.05) is 13.1 Å². The number of hydrogen-bond acceptors (Lipinski definition) is 4. The molecule has 0 saturated heterocycles. The van der Waals surface area contributed by atoms with Crippen molar-refractivity contribution in [1.82, 2.24) is 19.7 Å². The van der Waals surface area contributed by atoms with E-state index in [1.54, 1.807) is 6.33 Å². The highest BCUT2D eigenvalue weighted by Gasteiger charge is 2.24. The number of aromatic nitrogens is 3. The molecule has 0 fully saturated rings. The van der Waals surface area contributed by atoms with Crippen molar-refractivity contribution in [2.45, 2.75) is 46.2 Å². The van der Waals surface area contributed by atoms with Gasteiger partial charge in [-0.05, 0) is 24.8 Å². The predicted molar refractivity (Wildman–Crippen MR) is 72.1 cm³/mol. The Labute approximate surface area is 114 Å². The predicted octanol–water partition coefficient (Wildman–Crippen LogP) is 0.776. The normalized spacial score (nSPS) is 15.4. The Bertz CT molecular complexity index is 440. The van der Waals surface area contributed by atoms with Crippen molar-refractivity contribution in [3.63, 3.8) is 0 Å². The van der Waals surface area contributed by atoms with Crippen LogP contribution in [0.5, 0.6) is 0 Å². The van der Waals surface area contributed by atoms with Gasteiger partial charge in [-0.15, -0.1) is 10.2 Å². The standard InChI is InChI=1S/C13H23N5O/c1-13(2,5-6-14)4-3-12(19)17-7-8-18-10-15-16-11(18)9-17/h10H,3-9,14H2,1-2H3. The third kappa shape index (κ3) is 3.53. The summed E-state index contributed by atoms with van der Waals surface area (Å²) < 4.78 is 2.00.